The SMILES string of the molecule is Nc1cc(F)ccc1N1CCOC(CO)C1. The third-order valence-corrected chi connectivity index (χ3v) is 2.67. The summed E-state index contributed by atoms with van der Waals surface area (Å²) in [5, 5.41) is 9.03. The zero-order chi connectivity index (χ0) is 11.5. The lowest BCUT2D eigenvalue weighted by Gasteiger charge is -2.34. The van der Waals surface area contributed by atoms with Gasteiger partial charge in [-0.05, 0) is 18.2 Å². The molecule has 0 bridgehead atoms. The van der Waals surface area contributed by atoms with Crippen LogP contribution in [-0.4, -0.2) is 37.5 Å². The Balaban J connectivity index is 2.16. The highest BCUT2D eigenvalue weighted by molar-refractivity contribution is 5.67. The van der Waals surface area contributed by atoms with Gasteiger partial charge in [-0.3, -0.25) is 0 Å². The van der Waals surface area contributed by atoms with E-state index in [1.165, 1.54) is 12.1 Å². The van der Waals surface area contributed by atoms with Crippen molar-refractivity contribution in [2.45, 2.75) is 6.10 Å². The summed E-state index contributed by atoms with van der Waals surface area (Å²) in [7, 11) is 0. The lowest BCUT2D eigenvalue weighted by molar-refractivity contribution is 0.00360. The highest BCUT2D eigenvalue weighted by atomic mass is 19.1. The molecule has 1 atom stereocenters. The van der Waals surface area contributed by atoms with Gasteiger partial charge in [0.05, 0.1) is 30.7 Å². The second-order valence-corrected chi connectivity index (χ2v) is 3.82. The van der Waals surface area contributed by atoms with E-state index < -0.39 is 0 Å². The Morgan fingerprint density at radius 3 is 3.06 bits per heavy atom. The maximum atomic E-state index is 12.9. The molecule has 1 aliphatic rings. The molecule has 2 rings (SSSR count). The summed E-state index contributed by atoms with van der Waals surface area (Å²) in [5.74, 6) is -0.340. The van der Waals surface area contributed by atoms with Crippen LogP contribution in [-0.2, 0) is 4.74 Å². The smallest absolute Gasteiger partial charge is 0.125 e. The average Bonchev–Trinajstić information content (AvgIpc) is 2.29. The highest BCUT2D eigenvalue weighted by Gasteiger charge is 2.21. The summed E-state index contributed by atoms with van der Waals surface area (Å²) < 4.78 is 18.2. The second kappa shape index (κ2) is 4.67. The van der Waals surface area contributed by atoms with Crippen LogP contribution in [0.1, 0.15) is 0 Å². The molecule has 1 fully saturated rings. The Bertz CT molecular complexity index is 373. The van der Waals surface area contributed by atoms with Crippen LogP contribution in [0.5, 0.6) is 0 Å². The molecule has 4 nitrogen and oxygen atoms in total. The van der Waals surface area contributed by atoms with Gasteiger partial charge in [-0.15, -0.1) is 0 Å². The molecule has 0 radical (unpaired) electrons. The molecule has 1 aliphatic heterocycles. The van der Waals surface area contributed by atoms with Crippen LogP contribution in [0.15, 0.2) is 18.2 Å². The molecule has 0 saturated carbocycles. The normalized spacial score (nSPS) is 21.1. The zero-order valence-electron chi connectivity index (χ0n) is 8.90. The summed E-state index contributed by atoms with van der Waals surface area (Å²) in [6, 6.07) is 4.35. The largest absolute Gasteiger partial charge is 0.397 e. The molecule has 0 aromatic heterocycles. The number of hydrogen-bond donors (Lipinski definition) is 2. The second-order valence-electron chi connectivity index (χ2n) is 3.82. The van der Waals surface area contributed by atoms with Crippen molar-refractivity contribution in [1.29, 1.82) is 0 Å². The van der Waals surface area contributed by atoms with Gasteiger partial charge in [0, 0.05) is 13.1 Å². The van der Waals surface area contributed by atoms with Crippen LogP contribution in [0, 0.1) is 5.82 Å². The monoisotopic (exact) mass is 226 g/mol. The number of aliphatic hydroxyl groups excluding tert-OH is 1. The molecule has 0 spiro atoms. The zero-order valence-corrected chi connectivity index (χ0v) is 8.90. The Labute approximate surface area is 93.4 Å². The van der Waals surface area contributed by atoms with E-state index in [1.54, 1.807) is 6.07 Å². The van der Waals surface area contributed by atoms with Crippen LogP contribution in [0.25, 0.3) is 0 Å². The number of nitrogens with two attached hydrogens (primary N) is 1. The summed E-state index contributed by atoms with van der Waals surface area (Å²) in [6.45, 7) is 1.80. The Morgan fingerprint density at radius 1 is 1.56 bits per heavy atom. The molecule has 5 heteroatoms. The van der Waals surface area contributed by atoms with Crippen molar-refractivity contribution in [3.05, 3.63) is 24.0 Å². The summed E-state index contributed by atoms with van der Waals surface area (Å²) in [4.78, 5) is 2.00. The van der Waals surface area contributed by atoms with Crippen LogP contribution in [0.3, 0.4) is 0 Å². The van der Waals surface area contributed by atoms with Gasteiger partial charge in [0.25, 0.3) is 0 Å². The number of benzene rings is 1. The lowest BCUT2D eigenvalue weighted by Crippen LogP contribution is -2.44. The number of nitrogen functional groups attached to an aromatic ring is 1. The van der Waals surface area contributed by atoms with Crippen molar-refractivity contribution in [3.8, 4) is 0 Å². The van der Waals surface area contributed by atoms with Gasteiger partial charge in [0.1, 0.15) is 5.82 Å². The fourth-order valence-electron chi connectivity index (χ4n) is 1.86. The molecule has 1 aromatic carbocycles. The number of halogens is 1. The Hall–Kier alpha value is -1.33. The van der Waals surface area contributed by atoms with Gasteiger partial charge in [-0.1, -0.05) is 0 Å². The molecule has 16 heavy (non-hydrogen) atoms. The van der Waals surface area contributed by atoms with Gasteiger partial charge >= 0.3 is 0 Å². The van der Waals surface area contributed by atoms with Gasteiger partial charge in [0.2, 0.25) is 0 Å². The predicted octanol–water partition coefficient (Wildman–Crippen LogP) is 0.605. The van der Waals surface area contributed by atoms with E-state index in [4.69, 9.17) is 15.6 Å². The first-order valence-corrected chi connectivity index (χ1v) is 5.23. The van der Waals surface area contributed by atoms with E-state index in [2.05, 4.69) is 0 Å². The summed E-state index contributed by atoms with van der Waals surface area (Å²) in [6.07, 6.45) is -0.196. The molecular weight excluding hydrogens is 211 g/mol. The van der Waals surface area contributed by atoms with Crippen LogP contribution >= 0.6 is 0 Å². The number of rotatable bonds is 2. The lowest BCUT2D eigenvalue weighted by atomic mass is 10.2. The van der Waals surface area contributed by atoms with E-state index in [-0.39, 0.29) is 18.5 Å². The topological polar surface area (TPSA) is 58.7 Å². The third kappa shape index (κ3) is 2.25. The number of hydrogen-bond acceptors (Lipinski definition) is 4. The molecule has 1 aromatic rings. The predicted molar refractivity (Wildman–Crippen MR) is 59.9 cm³/mol. The molecule has 1 heterocycles. The minimum absolute atomic E-state index is 0.0163. The van der Waals surface area contributed by atoms with Crippen LogP contribution in [0.4, 0.5) is 15.8 Å². The first kappa shape index (κ1) is 11.2. The highest BCUT2D eigenvalue weighted by Crippen LogP contribution is 2.25. The van der Waals surface area contributed by atoms with Crippen molar-refractivity contribution in [3.63, 3.8) is 0 Å². The number of ether oxygens (including phenoxy) is 1. The average molecular weight is 226 g/mol. The van der Waals surface area contributed by atoms with Crippen molar-refractivity contribution in [2.24, 2.45) is 0 Å². The number of nitrogens with zero attached hydrogens (tertiary/aromatic N) is 1. The van der Waals surface area contributed by atoms with Gasteiger partial charge in [-0.2, -0.15) is 0 Å². The minimum Gasteiger partial charge on any atom is -0.397 e. The Morgan fingerprint density at radius 2 is 2.38 bits per heavy atom. The standard InChI is InChI=1S/C11H15FN2O2/c12-8-1-2-11(10(13)5-8)14-3-4-16-9(6-14)7-15/h1-2,5,9,15H,3-4,6-7,13H2. The van der Waals surface area contributed by atoms with Gasteiger partial charge < -0.3 is 20.5 Å². The van der Waals surface area contributed by atoms with E-state index in [1.807, 2.05) is 4.90 Å². The fraction of sp³-hybridized carbons (Fsp3) is 0.455. The maximum absolute atomic E-state index is 12.9. The van der Waals surface area contributed by atoms with Crippen molar-refractivity contribution in [1.82, 2.24) is 0 Å². The van der Waals surface area contributed by atoms with E-state index in [0.717, 1.165) is 5.69 Å². The number of anilines is 2. The molecule has 0 amide bonds. The maximum Gasteiger partial charge on any atom is 0.125 e. The molecule has 3 N–H and O–H groups in total. The summed E-state index contributed by atoms with van der Waals surface area (Å²) in [5.41, 5.74) is 6.96. The number of aliphatic hydroxyl groups is 1. The van der Waals surface area contributed by atoms with E-state index in [9.17, 15) is 4.39 Å². The molecule has 1 unspecified atom stereocenters. The summed E-state index contributed by atoms with van der Waals surface area (Å²) >= 11 is 0. The Kier molecular flexibility index (Phi) is 3.26. The number of morpholine rings is 1. The first-order chi connectivity index (χ1) is 7.70. The third-order valence-electron chi connectivity index (χ3n) is 2.67. The molecule has 88 valence electrons. The minimum atomic E-state index is -0.340. The molecule has 0 aliphatic carbocycles. The first-order valence-electron chi connectivity index (χ1n) is 5.23. The molecule has 1 saturated heterocycles. The van der Waals surface area contributed by atoms with Crippen molar-refractivity contribution in [2.75, 3.05) is 36.9 Å². The van der Waals surface area contributed by atoms with Crippen LogP contribution < -0.4 is 10.6 Å². The van der Waals surface area contributed by atoms with Crippen molar-refractivity contribution >= 4 is 11.4 Å². The van der Waals surface area contributed by atoms with Gasteiger partial charge in [-0.25, -0.2) is 4.39 Å². The van der Waals surface area contributed by atoms with Gasteiger partial charge in [0.15, 0.2) is 0 Å². The van der Waals surface area contributed by atoms with Crippen LogP contribution in [0.2, 0.25) is 0 Å². The quantitative estimate of drug-likeness (QED) is 0.725. The van der Waals surface area contributed by atoms with E-state index >= 15 is 0 Å². The van der Waals surface area contributed by atoms with E-state index in [0.29, 0.717) is 25.4 Å². The van der Waals surface area contributed by atoms with Crippen molar-refractivity contribution < 1.29 is 14.2 Å². The fourth-order valence-corrected chi connectivity index (χ4v) is 1.86. The molecular formula is C11H15FN2O2.